The van der Waals surface area contributed by atoms with Gasteiger partial charge in [-0.1, -0.05) is 36.4 Å². The van der Waals surface area contributed by atoms with Gasteiger partial charge in [0.15, 0.2) is 0 Å². The van der Waals surface area contributed by atoms with E-state index < -0.39 is 0 Å². The van der Waals surface area contributed by atoms with Crippen LogP contribution in [0, 0.1) is 5.82 Å². The fourth-order valence-corrected chi connectivity index (χ4v) is 3.49. The van der Waals surface area contributed by atoms with Gasteiger partial charge in [-0.25, -0.2) is 4.39 Å². The minimum atomic E-state index is -0.293. The predicted molar refractivity (Wildman–Crippen MR) is 101 cm³/mol. The zero-order chi connectivity index (χ0) is 18.8. The zero-order valence-corrected chi connectivity index (χ0v) is 14.8. The Morgan fingerprint density at radius 2 is 1.85 bits per heavy atom. The highest BCUT2D eigenvalue weighted by Crippen LogP contribution is 2.23. The molecule has 1 aliphatic rings. The molecule has 1 saturated heterocycles. The molecular weight excluding hydrogens is 345 g/mol. The first kappa shape index (κ1) is 17.3. The molecule has 1 aliphatic heterocycles. The third-order valence-electron chi connectivity index (χ3n) is 4.92. The third kappa shape index (κ3) is 3.43. The quantitative estimate of drug-likeness (QED) is 0.776. The average molecular weight is 365 g/mol. The van der Waals surface area contributed by atoms with Crippen molar-refractivity contribution in [3.05, 3.63) is 71.7 Å². The first-order valence-corrected chi connectivity index (χ1v) is 9.01. The molecule has 138 valence electrons. The maximum atomic E-state index is 14.2. The molecule has 0 radical (unpaired) electrons. The van der Waals surface area contributed by atoms with Gasteiger partial charge in [-0.15, -0.1) is 0 Å². The lowest BCUT2D eigenvalue weighted by Gasteiger charge is -2.21. The van der Waals surface area contributed by atoms with E-state index in [0.29, 0.717) is 37.3 Å². The summed E-state index contributed by atoms with van der Waals surface area (Å²) in [6.07, 6.45) is 0.291. The normalized spacial score (nSPS) is 14.9. The van der Waals surface area contributed by atoms with Crippen molar-refractivity contribution in [1.82, 2.24) is 14.8 Å². The van der Waals surface area contributed by atoms with Crippen LogP contribution < -0.4 is 5.32 Å². The highest BCUT2D eigenvalue weighted by Gasteiger charge is 2.24. The van der Waals surface area contributed by atoms with Gasteiger partial charge in [0, 0.05) is 42.5 Å². The second-order valence-corrected chi connectivity index (χ2v) is 6.66. The van der Waals surface area contributed by atoms with E-state index in [1.807, 2.05) is 34.9 Å². The van der Waals surface area contributed by atoms with Crippen molar-refractivity contribution in [2.75, 3.05) is 19.6 Å². The van der Waals surface area contributed by atoms with Crippen molar-refractivity contribution in [3.63, 3.8) is 0 Å². The Kier molecular flexibility index (Phi) is 4.62. The SMILES string of the molecule is O=C1CCN(C(=O)c2cc3ccccc3n2Cc2ccccc2F)CCN1. The molecule has 0 saturated carbocycles. The van der Waals surface area contributed by atoms with Gasteiger partial charge in [-0.05, 0) is 18.2 Å². The first-order valence-electron chi connectivity index (χ1n) is 9.01. The van der Waals surface area contributed by atoms with Gasteiger partial charge >= 0.3 is 0 Å². The number of carbonyl (C=O) groups excluding carboxylic acids is 2. The number of hydrogen-bond donors (Lipinski definition) is 1. The van der Waals surface area contributed by atoms with Crippen LogP contribution in [0.15, 0.2) is 54.6 Å². The summed E-state index contributed by atoms with van der Waals surface area (Å²) in [5, 5.41) is 3.71. The van der Waals surface area contributed by atoms with Crippen molar-refractivity contribution < 1.29 is 14.0 Å². The molecule has 4 rings (SSSR count). The van der Waals surface area contributed by atoms with Gasteiger partial charge in [0.1, 0.15) is 11.5 Å². The summed E-state index contributed by atoms with van der Waals surface area (Å²) in [6.45, 7) is 1.56. The van der Waals surface area contributed by atoms with Gasteiger partial charge in [0.2, 0.25) is 5.91 Å². The number of nitrogens with zero attached hydrogens (tertiary/aromatic N) is 2. The molecule has 27 heavy (non-hydrogen) atoms. The Hall–Kier alpha value is -3.15. The highest BCUT2D eigenvalue weighted by atomic mass is 19.1. The standard InChI is InChI=1S/C21H20FN3O2/c22-17-7-3-1-6-16(17)14-25-18-8-4-2-5-15(18)13-19(25)21(27)24-11-9-20(26)23-10-12-24/h1-8,13H,9-12,14H2,(H,23,26). The van der Waals surface area contributed by atoms with Gasteiger partial charge in [-0.3, -0.25) is 9.59 Å². The van der Waals surface area contributed by atoms with Gasteiger partial charge in [-0.2, -0.15) is 0 Å². The molecule has 0 atom stereocenters. The number of para-hydroxylation sites is 1. The largest absolute Gasteiger partial charge is 0.354 e. The topological polar surface area (TPSA) is 54.3 Å². The van der Waals surface area contributed by atoms with E-state index in [9.17, 15) is 14.0 Å². The van der Waals surface area contributed by atoms with Crippen LogP contribution >= 0.6 is 0 Å². The van der Waals surface area contributed by atoms with Gasteiger partial charge in [0.05, 0.1) is 6.54 Å². The number of halogens is 1. The molecule has 0 aliphatic carbocycles. The second kappa shape index (κ2) is 7.23. The molecule has 3 aromatic rings. The van der Waals surface area contributed by atoms with E-state index in [0.717, 1.165) is 10.9 Å². The van der Waals surface area contributed by atoms with Crippen LogP contribution in [0.1, 0.15) is 22.5 Å². The number of hydrogen-bond acceptors (Lipinski definition) is 2. The van der Waals surface area contributed by atoms with E-state index in [1.165, 1.54) is 6.07 Å². The van der Waals surface area contributed by atoms with Crippen LogP contribution in [0.3, 0.4) is 0 Å². The molecule has 1 aromatic heterocycles. The fourth-order valence-electron chi connectivity index (χ4n) is 3.49. The summed E-state index contributed by atoms with van der Waals surface area (Å²) < 4.78 is 16.1. The Morgan fingerprint density at radius 3 is 2.70 bits per heavy atom. The minimum absolute atomic E-state index is 0.0443. The minimum Gasteiger partial charge on any atom is -0.354 e. The number of nitrogens with one attached hydrogen (secondary N) is 1. The summed E-state index contributed by atoms with van der Waals surface area (Å²) in [7, 11) is 0. The smallest absolute Gasteiger partial charge is 0.270 e. The van der Waals surface area contributed by atoms with E-state index in [1.54, 1.807) is 23.1 Å². The molecule has 2 amide bonds. The molecule has 0 unspecified atom stereocenters. The predicted octanol–water partition coefficient (Wildman–Crippen LogP) is 2.79. The number of carbonyl (C=O) groups is 2. The molecule has 0 bridgehead atoms. The Labute approximate surface area is 156 Å². The summed E-state index contributed by atoms with van der Waals surface area (Å²) in [5.41, 5.74) is 1.92. The number of benzene rings is 2. The summed E-state index contributed by atoms with van der Waals surface area (Å²) in [5.74, 6) is -0.477. The van der Waals surface area contributed by atoms with Crippen molar-refractivity contribution in [2.24, 2.45) is 0 Å². The van der Waals surface area contributed by atoms with Crippen LogP contribution in [0.2, 0.25) is 0 Å². The van der Waals surface area contributed by atoms with Crippen LogP contribution in [0.5, 0.6) is 0 Å². The molecule has 2 heterocycles. The average Bonchev–Trinajstić information content (AvgIpc) is 2.89. The first-order chi connectivity index (χ1) is 13.1. The maximum absolute atomic E-state index is 14.2. The Morgan fingerprint density at radius 1 is 1.07 bits per heavy atom. The maximum Gasteiger partial charge on any atom is 0.270 e. The van der Waals surface area contributed by atoms with Crippen LogP contribution in [0.4, 0.5) is 4.39 Å². The van der Waals surface area contributed by atoms with Crippen LogP contribution in [0.25, 0.3) is 10.9 Å². The fraction of sp³-hybridized carbons (Fsp3) is 0.238. The number of aromatic nitrogens is 1. The molecule has 0 spiro atoms. The zero-order valence-electron chi connectivity index (χ0n) is 14.8. The van der Waals surface area contributed by atoms with Crippen molar-refractivity contribution in [2.45, 2.75) is 13.0 Å². The van der Waals surface area contributed by atoms with Crippen LogP contribution in [-0.4, -0.2) is 40.9 Å². The van der Waals surface area contributed by atoms with Crippen LogP contribution in [-0.2, 0) is 11.3 Å². The van der Waals surface area contributed by atoms with Gasteiger partial charge < -0.3 is 14.8 Å². The second-order valence-electron chi connectivity index (χ2n) is 6.66. The van der Waals surface area contributed by atoms with E-state index in [4.69, 9.17) is 0 Å². The van der Waals surface area contributed by atoms with Gasteiger partial charge in [0.25, 0.3) is 5.91 Å². The molecule has 2 aromatic carbocycles. The third-order valence-corrected chi connectivity index (χ3v) is 4.92. The summed E-state index contributed by atoms with van der Waals surface area (Å²) in [6, 6.07) is 16.1. The van der Waals surface area contributed by atoms with E-state index >= 15 is 0 Å². The Bertz CT molecular complexity index is 1010. The lowest BCUT2D eigenvalue weighted by molar-refractivity contribution is -0.120. The van der Waals surface area contributed by atoms with Crippen molar-refractivity contribution >= 4 is 22.7 Å². The molecule has 1 N–H and O–H groups in total. The monoisotopic (exact) mass is 365 g/mol. The van der Waals surface area contributed by atoms with Crippen molar-refractivity contribution in [3.8, 4) is 0 Å². The number of rotatable bonds is 3. The van der Waals surface area contributed by atoms with E-state index in [-0.39, 0.29) is 24.2 Å². The number of amides is 2. The highest BCUT2D eigenvalue weighted by molar-refractivity contribution is 5.99. The number of fused-ring (bicyclic) bond motifs is 1. The van der Waals surface area contributed by atoms with Crippen molar-refractivity contribution in [1.29, 1.82) is 0 Å². The molecule has 6 heteroatoms. The molecular formula is C21H20FN3O2. The van der Waals surface area contributed by atoms with E-state index in [2.05, 4.69) is 5.32 Å². The summed E-state index contributed by atoms with van der Waals surface area (Å²) in [4.78, 5) is 26.5. The lowest BCUT2D eigenvalue weighted by atomic mass is 10.2. The lowest BCUT2D eigenvalue weighted by Crippen LogP contribution is -2.35. The summed E-state index contributed by atoms with van der Waals surface area (Å²) >= 11 is 0. The molecule has 1 fully saturated rings. The molecule has 5 nitrogen and oxygen atoms in total. The Balaban J connectivity index is 1.74.